The van der Waals surface area contributed by atoms with Crippen molar-refractivity contribution < 1.29 is 0 Å². The first-order chi connectivity index (χ1) is 10.7. The molecule has 3 aromatic rings. The van der Waals surface area contributed by atoms with Crippen molar-refractivity contribution in [3.63, 3.8) is 0 Å². The fourth-order valence-corrected chi connectivity index (χ4v) is 3.95. The maximum Gasteiger partial charge on any atom is 0.225 e. The van der Waals surface area contributed by atoms with Crippen LogP contribution in [0.1, 0.15) is 5.56 Å². The molecule has 2 aromatic carbocycles. The average Bonchev–Trinajstić information content (AvgIpc) is 2.79. The molecule has 108 valence electrons. The van der Waals surface area contributed by atoms with Gasteiger partial charge < -0.3 is 0 Å². The summed E-state index contributed by atoms with van der Waals surface area (Å²) in [5.74, 6) is 0.559. The van der Waals surface area contributed by atoms with E-state index in [9.17, 15) is 0 Å². The molecule has 2 heterocycles. The van der Waals surface area contributed by atoms with Crippen molar-refractivity contribution in [3.8, 4) is 0 Å². The summed E-state index contributed by atoms with van der Waals surface area (Å²) in [5, 5.41) is 2.96. The molecule has 1 aliphatic rings. The largest absolute Gasteiger partial charge is 0.259 e. The second-order valence-electron chi connectivity index (χ2n) is 4.82. The van der Waals surface area contributed by atoms with E-state index in [1.54, 1.807) is 11.3 Å². The molecule has 1 aromatic heterocycles. The fourth-order valence-electron chi connectivity index (χ4n) is 2.44. The molecule has 1 aliphatic heterocycles. The number of halogens is 2. The summed E-state index contributed by atoms with van der Waals surface area (Å²) < 4.78 is 2.47. The Balaban J connectivity index is 1.87. The van der Waals surface area contributed by atoms with Crippen LogP contribution in [0.25, 0.3) is 20.2 Å². The number of nitrogens with zero attached hydrogens (tertiary/aromatic N) is 3. The average molecular weight is 346 g/mol. The molecule has 3 nitrogen and oxygen atoms in total. The van der Waals surface area contributed by atoms with Gasteiger partial charge in [0.2, 0.25) is 5.29 Å². The zero-order chi connectivity index (χ0) is 15.1. The van der Waals surface area contributed by atoms with E-state index in [-0.39, 0.29) is 5.29 Å². The predicted molar refractivity (Wildman–Crippen MR) is 97.3 cm³/mol. The lowest BCUT2D eigenvalue weighted by atomic mass is 10.1. The molecule has 6 heteroatoms. The van der Waals surface area contributed by atoms with Crippen LogP contribution >= 0.6 is 34.5 Å². The Kier molecular flexibility index (Phi) is 3.45. The molecular formula is C16H9Cl2N3S. The van der Waals surface area contributed by atoms with Crippen LogP contribution in [0.4, 0.5) is 0 Å². The monoisotopic (exact) mass is 345 g/mol. The molecule has 0 bridgehead atoms. The van der Waals surface area contributed by atoms with Crippen LogP contribution in [0.15, 0.2) is 57.4 Å². The van der Waals surface area contributed by atoms with E-state index >= 15 is 0 Å². The molecule has 0 fully saturated rings. The number of rotatable bonds is 1. The fraction of sp³-hybridized carbons (Fsp3) is 0.0625. The first kappa shape index (κ1) is 13.9. The van der Waals surface area contributed by atoms with Gasteiger partial charge in [0.15, 0.2) is 5.84 Å². The quantitative estimate of drug-likeness (QED) is 0.553. The maximum atomic E-state index is 5.94. The molecule has 22 heavy (non-hydrogen) atoms. The van der Waals surface area contributed by atoms with Gasteiger partial charge in [-0.2, -0.15) is 4.99 Å². The lowest BCUT2D eigenvalue weighted by Crippen LogP contribution is -1.99. The highest BCUT2D eigenvalue weighted by atomic mass is 35.5. The van der Waals surface area contributed by atoms with Crippen LogP contribution in [-0.2, 0) is 0 Å². The van der Waals surface area contributed by atoms with E-state index in [0.29, 0.717) is 17.6 Å². The third-order valence-corrected chi connectivity index (χ3v) is 4.91. The van der Waals surface area contributed by atoms with Gasteiger partial charge in [-0.15, -0.1) is 11.3 Å². The molecule has 0 N–H and O–H groups in total. The van der Waals surface area contributed by atoms with E-state index in [2.05, 4.69) is 51.4 Å². The summed E-state index contributed by atoms with van der Waals surface area (Å²) in [7, 11) is 0. The number of hydrogen-bond acceptors (Lipinski definition) is 4. The van der Waals surface area contributed by atoms with Crippen LogP contribution in [0, 0.1) is 0 Å². The molecule has 4 rings (SSSR count). The van der Waals surface area contributed by atoms with Crippen LogP contribution in [0.2, 0.25) is 0 Å². The molecule has 0 spiro atoms. The molecule has 0 atom stereocenters. The molecule has 0 unspecified atom stereocenters. The number of amidine groups is 2. The first-order valence-corrected chi connectivity index (χ1v) is 8.21. The Bertz CT molecular complexity index is 985. The summed E-state index contributed by atoms with van der Waals surface area (Å²) in [6, 6.07) is 14.6. The molecule has 0 saturated heterocycles. The summed E-state index contributed by atoms with van der Waals surface area (Å²) >= 11 is 13.6. The smallest absolute Gasteiger partial charge is 0.225 e. The van der Waals surface area contributed by atoms with Crippen molar-refractivity contribution >= 4 is 71.0 Å². The molecule has 0 aliphatic carbocycles. The molecule has 0 radical (unpaired) electrons. The van der Waals surface area contributed by atoms with Crippen LogP contribution < -0.4 is 0 Å². The second-order valence-corrected chi connectivity index (χ2v) is 6.68. The van der Waals surface area contributed by atoms with Gasteiger partial charge in [0, 0.05) is 25.7 Å². The number of aliphatic imine (C=N–C) groups is 3. The van der Waals surface area contributed by atoms with Crippen LogP contribution in [-0.4, -0.2) is 22.8 Å². The minimum absolute atomic E-state index is 0.109. The Morgan fingerprint density at radius 2 is 1.73 bits per heavy atom. The van der Waals surface area contributed by atoms with Gasteiger partial charge in [-0.05, 0) is 23.7 Å². The number of fused-ring (bicyclic) bond motifs is 3. The third-order valence-electron chi connectivity index (χ3n) is 3.41. The van der Waals surface area contributed by atoms with Gasteiger partial charge in [0.1, 0.15) is 5.17 Å². The number of benzene rings is 2. The lowest BCUT2D eigenvalue weighted by molar-refractivity contribution is 1.30. The zero-order valence-corrected chi connectivity index (χ0v) is 13.6. The first-order valence-electron chi connectivity index (χ1n) is 6.64. The van der Waals surface area contributed by atoms with Crippen molar-refractivity contribution in [3.05, 3.63) is 48.0 Å². The van der Waals surface area contributed by atoms with E-state index < -0.39 is 0 Å². The van der Waals surface area contributed by atoms with Crippen molar-refractivity contribution in [1.29, 1.82) is 0 Å². The summed E-state index contributed by atoms with van der Waals surface area (Å²) in [5.41, 5.74) is 0.916. The Labute approximate surface area is 140 Å². The normalized spacial score (nSPS) is 15.5. The van der Waals surface area contributed by atoms with Crippen LogP contribution in [0.5, 0.6) is 0 Å². The van der Waals surface area contributed by atoms with E-state index in [1.807, 2.05) is 6.07 Å². The van der Waals surface area contributed by atoms with Gasteiger partial charge in [-0.1, -0.05) is 41.9 Å². The van der Waals surface area contributed by atoms with Gasteiger partial charge >= 0.3 is 0 Å². The summed E-state index contributed by atoms with van der Waals surface area (Å²) in [6.45, 7) is 0.293. The SMILES string of the molecule is ClC1=NC(Cl)=NC(c2ccc3c(c2)sc2ccccc23)=NC1. The molecular weight excluding hydrogens is 337 g/mol. The van der Waals surface area contributed by atoms with Gasteiger partial charge in [0.05, 0.1) is 6.54 Å². The minimum atomic E-state index is 0.109. The van der Waals surface area contributed by atoms with Gasteiger partial charge in [0.25, 0.3) is 0 Å². The van der Waals surface area contributed by atoms with Crippen molar-refractivity contribution in [2.24, 2.45) is 15.0 Å². The van der Waals surface area contributed by atoms with Crippen molar-refractivity contribution in [1.82, 2.24) is 0 Å². The number of hydrogen-bond donors (Lipinski definition) is 0. The van der Waals surface area contributed by atoms with Crippen molar-refractivity contribution in [2.45, 2.75) is 0 Å². The highest BCUT2D eigenvalue weighted by Gasteiger charge is 2.11. The van der Waals surface area contributed by atoms with Crippen molar-refractivity contribution in [2.75, 3.05) is 6.54 Å². The van der Waals surface area contributed by atoms with E-state index in [1.165, 1.54) is 20.2 Å². The number of thiophene rings is 1. The minimum Gasteiger partial charge on any atom is -0.259 e. The van der Waals surface area contributed by atoms with Gasteiger partial charge in [-0.25, -0.2) is 4.99 Å². The summed E-state index contributed by atoms with van der Waals surface area (Å²) in [6.07, 6.45) is 0. The topological polar surface area (TPSA) is 37.1 Å². The van der Waals surface area contributed by atoms with Crippen LogP contribution in [0.3, 0.4) is 0 Å². The Morgan fingerprint density at radius 1 is 0.909 bits per heavy atom. The maximum absolute atomic E-state index is 5.94. The molecule has 0 saturated carbocycles. The van der Waals surface area contributed by atoms with E-state index in [0.717, 1.165) is 5.56 Å². The zero-order valence-electron chi connectivity index (χ0n) is 11.3. The third kappa shape index (κ3) is 2.43. The standard InChI is InChI=1S/C16H9Cl2N3S/c17-14-8-19-15(21-16(18)20-14)9-5-6-11-10-3-1-2-4-12(10)22-13(11)7-9/h1-7H,8H2. The Hall–Kier alpha value is -1.75. The van der Waals surface area contributed by atoms with E-state index in [4.69, 9.17) is 23.2 Å². The highest BCUT2D eigenvalue weighted by Crippen LogP contribution is 2.34. The summed E-state index contributed by atoms with van der Waals surface area (Å²) in [4.78, 5) is 12.5. The second kappa shape index (κ2) is 5.47. The highest BCUT2D eigenvalue weighted by molar-refractivity contribution is 7.25. The molecule has 0 amide bonds. The Morgan fingerprint density at radius 3 is 2.64 bits per heavy atom. The van der Waals surface area contributed by atoms with Gasteiger partial charge in [-0.3, -0.25) is 4.99 Å². The lowest BCUT2D eigenvalue weighted by Gasteiger charge is -2.00. The predicted octanol–water partition coefficient (Wildman–Crippen LogP) is 5.05.